The van der Waals surface area contributed by atoms with Crippen LogP contribution in [-0.4, -0.2) is 17.2 Å². The zero-order valence-corrected chi connectivity index (χ0v) is 10.6. The fourth-order valence-electron chi connectivity index (χ4n) is 2.65. The van der Waals surface area contributed by atoms with Crippen molar-refractivity contribution >= 4 is 17.3 Å². The second-order valence-electron chi connectivity index (χ2n) is 5.10. The van der Waals surface area contributed by atoms with Gasteiger partial charge in [-0.15, -0.1) is 0 Å². The molecule has 2 nitrogen and oxygen atoms in total. The maximum Gasteiger partial charge on any atom is 0.166 e. The zero-order chi connectivity index (χ0) is 10.8. The van der Waals surface area contributed by atoms with E-state index in [4.69, 9.17) is 12.2 Å². The molecule has 0 aromatic heterocycles. The van der Waals surface area contributed by atoms with Crippen LogP contribution >= 0.6 is 12.2 Å². The van der Waals surface area contributed by atoms with Gasteiger partial charge in [-0.3, -0.25) is 0 Å². The number of hydrogen-bond acceptors (Lipinski definition) is 1. The van der Waals surface area contributed by atoms with E-state index in [0.717, 1.165) is 16.9 Å². The number of rotatable bonds is 3. The van der Waals surface area contributed by atoms with Gasteiger partial charge in [0.05, 0.1) is 0 Å². The summed E-state index contributed by atoms with van der Waals surface area (Å²) in [5, 5.41) is 7.72. The third kappa shape index (κ3) is 2.83. The Morgan fingerprint density at radius 3 is 2.47 bits per heavy atom. The molecule has 3 atom stereocenters. The minimum Gasteiger partial charge on any atom is -0.360 e. The molecule has 3 heteroatoms. The molecule has 2 saturated carbocycles. The van der Waals surface area contributed by atoms with Gasteiger partial charge in [0.25, 0.3) is 0 Å². The first-order valence-corrected chi connectivity index (χ1v) is 6.68. The summed E-state index contributed by atoms with van der Waals surface area (Å²) in [6.45, 7) is 4.66. The number of nitrogens with one attached hydrogen (secondary N) is 2. The van der Waals surface area contributed by atoms with E-state index in [1.165, 1.54) is 32.1 Å². The Balaban J connectivity index is 1.76. The molecule has 3 unspecified atom stereocenters. The van der Waals surface area contributed by atoms with Crippen molar-refractivity contribution in [3.8, 4) is 0 Å². The summed E-state index contributed by atoms with van der Waals surface area (Å²) in [4.78, 5) is 0. The first-order chi connectivity index (χ1) is 7.20. The lowest BCUT2D eigenvalue weighted by atomic mass is 9.94. The average molecular weight is 226 g/mol. The van der Waals surface area contributed by atoms with Gasteiger partial charge in [0, 0.05) is 12.1 Å². The summed E-state index contributed by atoms with van der Waals surface area (Å²) in [7, 11) is 0. The Morgan fingerprint density at radius 2 is 1.93 bits per heavy atom. The number of thiocarbonyl (C=S) groups is 1. The smallest absolute Gasteiger partial charge is 0.166 e. The van der Waals surface area contributed by atoms with Crippen molar-refractivity contribution in [3.63, 3.8) is 0 Å². The van der Waals surface area contributed by atoms with Crippen LogP contribution in [0.15, 0.2) is 0 Å². The highest BCUT2D eigenvalue weighted by atomic mass is 32.1. The Kier molecular flexibility index (Phi) is 3.49. The van der Waals surface area contributed by atoms with Crippen LogP contribution in [0.5, 0.6) is 0 Å². The van der Waals surface area contributed by atoms with Gasteiger partial charge in [-0.25, -0.2) is 0 Å². The summed E-state index contributed by atoms with van der Waals surface area (Å²) in [5.74, 6) is 1.67. The van der Waals surface area contributed by atoms with E-state index in [9.17, 15) is 0 Å². The molecule has 0 radical (unpaired) electrons. The molecule has 15 heavy (non-hydrogen) atoms. The summed E-state index contributed by atoms with van der Waals surface area (Å²) in [6, 6.07) is 1.28. The SMILES string of the molecule is CCC1CCC(NC(=S)NC2CC2)C1C. The van der Waals surface area contributed by atoms with Crippen LogP contribution in [0, 0.1) is 11.8 Å². The van der Waals surface area contributed by atoms with Crippen molar-refractivity contribution in [2.45, 2.75) is 58.0 Å². The van der Waals surface area contributed by atoms with Gasteiger partial charge in [-0.1, -0.05) is 20.3 Å². The first kappa shape index (κ1) is 11.2. The van der Waals surface area contributed by atoms with Gasteiger partial charge in [0.2, 0.25) is 0 Å². The molecule has 0 aliphatic heterocycles. The fraction of sp³-hybridized carbons (Fsp3) is 0.917. The minimum atomic E-state index is 0.605. The molecule has 0 aromatic rings. The van der Waals surface area contributed by atoms with Crippen LogP contribution < -0.4 is 10.6 Å². The van der Waals surface area contributed by atoms with E-state index >= 15 is 0 Å². The van der Waals surface area contributed by atoms with Crippen LogP contribution in [-0.2, 0) is 0 Å². The van der Waals surface area contributed by atoms with E-state index in [-0.39, 0.29) is 0 Å². The second kappa shape index (κ2) is 4.69. The molecule has 2 aliphatic rings. The summed E-state index contributed by atoms with van der Waals surface area (Å²) < 4.78 is 0. The fourth-order valence-corrected chi connectivity index (χ4v) is 2.97. The molecular formula is C12H22N2S. The molecule has 0 heterocycles. The van der Waals surface area contributed by atoms with Crippen LogP contribution in [0.25, 0.3) is 0 Å². The highest BCUT2D eigenvalue weighted by molar-refractivity contribution is 7.80. The van der Waals surface area contributed by atoms with E-state index in [1.807, 2.05) is 0 Å². The van der Waals surface area contributed by atoms with Gasteiger partial charge in [-0.2, -0.15) is 0 Å². The van der Waals surface area contributed by atoms with Gasteiger partial charge < -0.3 is 10.6 Å². The highest BCUT2D eigenvalue weighted by Crippen LogP contribution is 2.33. The van der Waals surface area contributed by atoms with Crippen LogP contribution in [0.1, 0.15) is 46.0 Å². The van der Waals surface area contributed by atoms with Crippen LogP contribution in [0.2, 0.25) is 0 Å². The predicted molar refractivity (Wildman–Crippen MR) is 67.9 cm³/mol. The zero-order valence-electron chi connectivity index (χ0n) is 9.75. The highest BCUT2D eigenvalue weighted by Gasteiger charge is 2.32. The Hall–Kier alpha value is -0.310. The molecule has 2 rings (SSSR count). The Bertz CT molecular complexity index is 238. The van der Waals surface area contributed by atoms with E-state index in [0.29, 0.717) is 12.1 Å². The van der Waals surface area contributed by atoms with Crippen molar-refractivity contribution in [2.75, 3.05) is 0 Å². The normalized spacial score (nSPS) is 35.2. The minimum absolute atomic E-state index is 0.605. The lowest BCUT2D eigenvalue weighted by molar-refractivity contribution is 0.367. The largest absolute Gasteiger partial charge is 0.360 e. The molecule has 0 bridgehead atoms. The van der Waals surface area contributed by atoms with Crippen molar-refractivity contribution in [1.29, 1.82) is 0 Å². The van der Waals surface area contributed by atoms with Crippen molar-refractivity contribution in [3.05, 3.63) is 0 Å². The van der Waals surface area contributed by atoms with Crippen LogP contribution in [0.3, 0.4) is 0 Å². The quantitative estimate of drug-likeness (QED) is 0.723. The third-order valence-electron chi connectivity index (χ3n) is 3.98. The number of hydrogen-bond donors (Lipinski definition) is 2. The molecule has 2 aliphatic carbocycles. The maximum absolute atomic E-state index is 5.31. The lowest BCUT2D eigenvalue weighted by Crippen LogP contribution is -2.44. The second-order valence-corrected chi connectivity index (χ2v) is 5.51. The Labute approximate surface area is 98.2 Å². The van der Waals surface area contributed by atoms with E-state index in [1.54, 1.807) is 0 Å². The molecule has 2 fully saturated rings. The van der Waals surface area contributed by atoms with Crippen molar-refractivity contribution in [1.82, 2.24) is 10.6 Å². The predicted octanol–water partition coefficient (Wildman–Crippen LogP) is 2.44. The maximum atomic E-state index is 5.31. The van der Waals surface area contributed by atoms with Crippen molar-refractivity contribution < 1.29 is 0 Å². The molecule has 86 valence electrons. The molecule has 0 saturated heterocycles. The molecule has 2 N–H and O–H groups in total. The first-order valence-electron chi connectivity index (χ1n) is 6.27. The summed E-state index contributed by atoms with van der Waals surface area (Å²) in [5.41, 5.74) is 0. The van der Waals surface area contributed by atoms with Crippen LogP contribution in [0.4, 0.5) is 0 Å². The van der Waals surface area contributed by atoms with E-state index in [2.05, 4.69) is 24.5 Å². The summed E-state index contributed by atoms with van der Waals surface area (Å²) >= 11 is 5.31. The average Bonchev–Trinajstić information content (AvgIpc) is 2.94. The molecule has 0 spiro atoms. The van der Waals surface area contributed by atoms with Gasteiger partial charge in [-0.05, 0) is 49.7 Å². The Morgan fingerprint density at radius 1 is 1.20 bits per heavy atom. The third-order valence-corrected chi connectivity index (χ3v) is 4.22. The molecule has 0 amide bonds. The van der Waals surface area contributed by atoms with Crippen molar-refractivity contribution in [2.24, 2.45) is 11.8 Å². The monoisotopic (exact) mass is 226 g/mol. The lowest BCUT2D eigenvalue weighted by Gasteiger charge is -2.22. The molecule has 0 aromatic carbocycles. The van der Waals surface area contributed by atoms with Gasteiger partial charge >= 0.3 is 0 Å². The summed E-state index contributed by atoms with van der Waals surface area (Å²) in [6.07, 6.45) is 6.54. The van der Waals surface area contributed by atoms with Gasteiger partial charge in [0.1, 0.15) is 0 Å². The standard InChI is InChI=1S/C12H22N2S/c1-3-9-4-7-11(8(9)2)14-12(15)13-10-5-6-10/h8-11H,3-7H2,1-2H3,(H2,13,14,15). The van der Waals surface area contributed by atoms with E-state index < -0.39 is 0 Å². The van der Waals surface area contributed by atoms with Gasteiger partial charge in [0.15, 0.2) is 5.11 Å². The topological polar surface area (TPSA) is 24.1 Å². The molecular weight excluding hydrogens is 204 g/mol.